The van der Waals surface area contributed by atoms with Crippen molar-refractivity contribution in [3.05, 3.63) is 58.1 Å². The molecule has 9 heteroatoms. The van der Waals surface area contributed by atoms with Crippen LogP contribution in [-0.4, -0.2) is 14.3 Å². The molecule has 0 aliphatic carbocycles. The van der Waals surface area contributed by atoms with Crippen LogP contribution in [0.4, 0.5) is 5.69 Å². The highest BCUT2D eigenvalue weighted by atomic mass is 35.5. The molecule has 116 valence electrons. The minimum Gasteiger partial charge on any atom is -0.290 e. The number of hydrazine groups is 1. The molecule has 0 radical (unpaired) electrons. The van der Waals surface area contributed by atoms with Crippen LogP contribution in [0, 0.1) is 0 Å². The van der Waals surface area contributed by atoms with E-state index in [0.29, 0.717) is 10.7 Å². The maximum Gasteiger partial charge on any atom is 0.265 e. The zero-order valence-corrected chi connectivity index (χ0v) is 13.3. The third-order valence-corrected chi connectivity index (χ3v) is 4.83. The van der Waals surface area contributed by atoms with Crippen LogP contribution in [0.5, 0.6) is 0 Å². The van der Waals surface area contributed by atoms with Crippen molar-refractivity contribution in [2.75, 3.05) is 4.72 Å². The van der Waals surface area contributed by atoms with E-state index >= 15 is 0 Å². The summed E-state index contributed by atoms with van der Waals surface area (Å²) in [6.45, 7) is 0. The van der Waals surface area contributed by atoms with Crippen molar-refractivity contribution in [3.8, 4) is 0 Å². The quantitative estimate of drug-likeness (QED) is 0.443. The van der Waals surface area contributed by atoms with Gasteiger partial charge in [-0.2, -0.15) is 0 Å². The summed E-state index contributed by atoms with van der Waals surface area (Å²) in [6.07, 6.45) is 0. The molecule has 4 N–H and O–H groups in total. The second kappa shape index (κ2) is 6.53. The van der Waals surface area contributed by atoms with Gasteiger partial charge in [-0.1, -0.05) is 23.2 Å². The predicted octanol–water partition coefficient (Wildman–Crippen LogP) is 2.40. The molecule has 0 saturated heterocycles. The molecular weight excluding hydrogens is 349 g/mol. The highest BCUT2D eigenvalue weighted by Gasteiger charge is 2.20. The number of nitrogens with two attached hydrogens (primary N) is 1. The second-order valence-corrected chi connectivity index (χ2v) is 6.73. The van der Waals surface area contributed by atoms with Gasteiger partial charge in [0.1, 0.15) is 4.90 Å². The van der Waals surface area contributed by atoms with Crippen molar-refractivity contribution < 1.29 is 13.2 Å². The molecule has 0 heterocycles. The first kappa shape index (κ1) is 16.6. The maximum absolute atomic E-state index is 12.4. The fourth-order valence-corrected chi connectivity index (χ4v) is 3.37. The van der Waals surface area contributed by atoms with Crippen LogP contribution in [-0.2, 0) is 10.0 Å². The van der Waals surface area contributed by atoms with Crippen LogP contribution >= 0.6 is 23.2 Å². The van der Waals surface area contributed by atoms with Gasteiger partial charge in [0, 0.05) is 16.3 Å². The van der Waals surface area contributed by atoms with Gasteiger partial charge in [0.15, 0.2) is 0 Å². The van der Waals surface area contributed by atoms with Crippen LogP contribution < -0.4 is 16.0 Å². The summed E-state index contributed by atoms with van der Waals surface area (Å²) < 4.78 is 27.1. The molecule has 0 aromatic heterocycles. The first-order valence-electron chi connectivity index (χ1n) is 5.92. The third-order valence-electron chi connectivity index (χ3n) is 2.71. The summed E-state index contributed by atoms with van der Waals surface area (Å²) >= 11 is 11.7. The molecule has 0 aliphatic heterocycles. The molecule has 2 rings (SSSR count). The van der Waals surface area contributed by atoms with Gasteiger partial charge in [-0.25, -0.2) is 14.3 Å². The van der Waals surface area contributed by atoms with Gasteiger partial charge in [0.25, 0.3) is 15.9 Å². The lowest BCUT2D eigenvalue weighted by Gasteiger charge is -2.11. The average molecular weight is 360 g/mol. The highest BCUT2D eigenvalue weighted by molar-refractivity contribution is 7.92. The Kier molecular flexibility index (Phi) is 4.92. The Bertz CT molecular complexity index is 808. The van der Waals surface area contributed by atoms with E-state index in [4.69, 9.17) is 29.0 Å². The first-order valence-corrected chi connectivity index (χ1v) is 8.16. The van der Waals surface area contributed by atoms with Crippen LogP contribution in [0.15, 0.2) is 47.4 Å². The van der Waals surface area contributed by atoms with E-state index in [0.717, 1.165) is 6.07 Å². The molecule has 2 aromatic carbocycles. The number of anilines is 1. The number of sulfonamides is 1. The van der Waals surface area contributed by atoms with Crippen molar-refractivity contribution in [1.82, 2.24) is 5.43 Å². The number of carbonyl (C=O) groups excluding carboxylic acids is 1. The number of hydrogen-bond donors (Lipinski definition) is 3. The van der Waals surface area contributed by atoms with E-state index in [9.17, 15) is 13.2 Å². The molecule has 0 fully saturated rings. The largest absolute Gasteiger partial charge is 0.290 e. The normalized spacial score (nSPS) is 11.0. The van der Waals surface area contributed by atoms with Gasteiger partial charge in [-0.15, -0.1) is 0 Å². The number of benzene rings is 2. The number of nitrogens with one attached hydrogen (secondary N) is 2. The number of halogens is 2. The summed E-state index contributed by atoms with van der Waals surface area (Å²) in [6, 6.07) is 9.91. The van der Waals surface area contributed by atoms with Crippen LogP contribution in [0.25, 0.3) is 0 Å². The first-order chi connectivity index (χ1) is 10.3. The summed E-state index contributed by atoms with van der Waals surface area (Å²) in [5.41, 5.74) is 2.31. The molecule has 0 spiro atoms. The molecule has 0 unspecified atom stereocenters. The number of nitrogen functional groups attached to an aromatic ring is 1. The third kappa shape index (κ3) is 3.69. The maximum atomic E-state index is 12.4. The van der Waals surface area contributed by atoms with Gasteiger partial charge in [0.05, 0.1) is 5.02 Å². The zero-order valence-electron chi connectivity index (χ0n) is 11.0. The van der Waals surface area contributed by atoms with E-state index in [1.165, 1.54) is 24.3 Å². The molecule has 0 atom stereocenters. The SMILES string of the molecule is NNC(=O)c1ccc(Cl)c(S(=O)(=O)Nc2ccc(Cl)cc2)c1. The lowest BCUT2D eigenvalue weighted by Crippen LogP contribution is -2.30. The van der Waals surface area contributed by atoms with Gasteiger partial charge in [-0.05, 0) is 42.5 Å². The summed E-state index contributed by atoms with van der Waals surface area (Å²) in [7, 11) is -3.97. The van der Waals surface area contributed by atoms with Crippen LogP contribution in [0.3, 0.4) is 0 Å². The molecule has 0 aliphatic rings. The van der Waals surface area contributed by atoms with Crippen molar-refractivity contribution in [2.45, 2.75) is 4.90 Å². The Balaban J connectivity index is 2.40. The number of amides is 1. The smallest absolute Gasteiger partial charge is 0.265 e. The lowest BCUT2D eigenvalue weighted by molar-refractivity contribution is 0.0953. The van der Waals surface area contributed by atoms with E-state index in [2.05, 4.69) is 4.72 Å². The Morgan fingerprint density at radius 3 is 2.27 bits per heavy atom. The fraction of sp³-hybridized carbons (Fsp3) is 0. The van der Waals surface area contributed by atoms with Crippen LogP contribution in [0.1, 0.15) is 10.4 Å². The van der Waals surface area contributed by atoms with E-state index in [1.54, 1.807) is 12.1 Å². The monoisotopic (exact) mass is 359 g/mol. The van der Waals surface area contributed by atoms with Crippen LogP contribution in [0.2, 0.25) is 10.0 Å². The van der Waals surface area contributed by atoms with Crippen molar-refractivity contribution in [2.24, 2.45) is 5.84 Å². The van der Waals surface area contributed by atoms with Gasteiger partial charge < -0.3 is 0 Å². The Labute approximate surface area is 137 Å². The summed E-state index contributed by atoms with van der Waals surface area (Å²) in [5, 5.41) is 0.456. The van der Waals surface area contributed by atoms with E-state index in [1.807, 2.05) is 5.43 Å². The molecule has 22 heavy (non-hydrogen) atoms. The summed E-state index contributed by atoms with van der Waals surface area (Å²) in [4.78, 5) is 11.3. The molecule has 0 saturated carbocycles. The Morgan fingerprint density at radius 2 is 1.68 bits per heavy atom. The standard InChI is InChI=1S/C13H11Cl2N3O3S/c14-9-2-4-10(5-3-9)18-22(20,21)12-7-8(13(19)17-16)1-6-11(12)15/h1-7,18H,16H2,(H,17,19). The van der Waals surface area contributed by atoms with Crippen molar-refractivity contribution >= 4 is 44.8 Å². The number of carbonyl (C=O) groups is 1. The minimum atomic E-state index is -3.97. The topological polar surface area (TPSA) is 101 Å². The molecule has 1 amide bonds. The average Bonchev–Trinajstić information content (AvgIpc) is 2.49. The number of hydrogen-bond acceptors (Lipinski definition) is 4. The Morgan fingerprint density at radius 1 is 1.05 bits per heavy atom. The van der Waals surface area contributed by atoms with E-state index in [-0.39, 0.29) is 15.5 Å². The van der Waals surface area contributed by atoms with Gasteiger partial charge >= 0.3 is 0 Å². The van der Waals surface area contributed by atoms with Gasteiger partial charge in [0.2, 0.25) is 0 Å². The lowest BCUT2D eigenvalue weighted by atomic mass is 10.2. The molecular formula is C13H11Cl2N3O3S. The minimum absolute atomic E-state index is 0.0185. The van der Waals surface area contributed by atoms with Crippen molar-refractivity contribution in [1.29, 1.82) is 0 Å². The zero-order chi connectivity index (χ0) is 16.3. The fourth-order valence-electron chi connectivity index (χ4n) is 1.66. The number of rotatable bonds is 4. The Hall–Kier alpha value is -1.80. The predicted molar refractivity (Wildman–Crippen MR) is 85.4 cm³/mol. The highest BCUT2D eigenvalue weighted by Crippen LogP contribution is 2.25. The van der Waals surface area contributed by atoms with Crippen molar-refractivity contribution in [3.63, 3.8) is 0 Å². The van der Waals surface area contributed by atoms with Gasteiger partial charge in [-0.3, -0.25) is 14.9 Å². The second-order valence-electron chi connectivity index (χ2n) is 4.23. The summed E-state index contributed by atoms with van der Waals surface area (Å²) in [5.74, 6) is 4.40. The molecule has 2 aromatic rings. The molecule has 0 bridgehead atoms. The van der Waals surface area contributed by atoms with E-state index < -0.39 is 15.9 Å². The molecule has 6 nitrogen and oxygen atoms in total.